The standard InChI is InChI=1S/C10H16N2O3/c1-7(2)10-11-3-4-12(10)6-8(13)5-9(14)15/h3-4,7-8,13H,5-6H2,1-2H3,(H,14,15). The number of carboxylic acids is 1. The highest BCUT2D eigenvalue weighted by molar-refractivity contribution is 5.67. The predicted octanol–water partition coefficient (Wildman–Crippen LogP) is 0.842. The monoisotopic (exact) mass is 212 g/mol. The van der Waals surface area contributed by atoms with Crippen LogP contribution in [0.2, 0.25) is 0 Å². The van der Waals surface area contributed by atoms with Gasteiger partial charge in [0.1, 0.15) is 5.82 Å². The van der Waals surface area contributed by atoms with Crippen molar-refractivity contribution in [1.29, 1.82) is 0 Å². The molecule has 0 spiro atoms. The van der Waals surface area contributed by atoms with E-state index in [1.165, 1.54) is 0 Å². The van der Waals surface area contributed by atoms with Crippen LogP contribution in [0, 0.1) is 0 Å². The maximum absolute atomic E-state index is 10.4. The van der Waals surface area contributed by atoms with Gasteiger partial charge < -0.3 is 14.8 Å². The fourth-order valence-electron chi connectivity index (χ4n) is 1.47. The molecule has 0 saturated carbocycles. The van der Waals surface area contributed by atoms with E-state index < -0.39 is 12.1 Å². The summed E-state index contributed by atoms with van der Waals surface area (Å²) in [5.74, 6) is 0.130. The molecule has 0 aliphatic heterocycles. The number of rotatable bonds is 5. The van der Waals surface area contributed by atoms with Crippen LogP contribution in [0.5, 0.6) is 0 Å². The van der Waals surface area contributed by atoms with Gasteiger partial charge in [-0.05, 0) is 0 Å². The molecular weight excluding hydrogens is 196 g/mol. The lowest BCUT2D eigenvalue weighted by atomic mass is 10.2. The number of carbonyl (C=O) groups is 1. The van der Waals surface area contributed by atoms with E-state index >= 15 is 0 Å². The first-order chi connectivity index (χ1) is 7.00. The van der Waals surface area contributed by atoms with Gasteiger partial charge in [-0.1, -0.05) is 13.8 Å². The van der Waals surface area contributed by atoms with E-state index in [2.05, 4.69) is 4.98 Å². The Balaban J connectivity index is 2.63. The molecule has 5 nitrogen and oxygen atoms in total. The molecule has 1 heterocycles. The van der Waals surface area contributed by atoms with Gasteiger partial charge >= 0.3 is 5.97 Å². The van der Waals surface area contributed by atoms with Gasteiger partial charge in [-0.3, -0.25) is 4.79 Å². The third-order valence-electron chi connectivity index (χ3n) is 2.08. The van der Waals surface area contributed by atoms with Crippen LogP contribution in [0.15, 0.2) is 12.4 Å². The molecule has 2 N–H and O–H groups in total. The number of nitrogens with zero attached hydrogens (tertiary/aromatic N) is 2. The second-order valence-corrected chi connectivity index (χ2v) is 3.84. The van der Waals surface area contributed by atoms with Gasteiger partial charge in [0.2, 0.25) is 0 Å². The molecule has 0 aliphatic carbocycles. The number of aromatic nitrogens is 2. The summed E-state index contributed by atoms with van der Waals surface area (Å²) in [6.45, 7) is 4.28. The Morgan fingerprint density at radius 2 is 2.27 bits per heavy atom. The molecule has 1 rings (SSSR count). The lowest BCUT2D eigenvalue weighted by molar-refractivity contribution is -0.139. The van der Waals surface area contributed by atoms with Crippen molar-refractivity contribution in [2.24, 2.45) is 0 Å². The Morgan fingerprint density at radius 1 is 1.60 bits per heavy atom. The van der Waals surface area contributed by atoms with Crippen LogP contribution in [0.4, 0.5) is 0 Å². The second kappa shape index (κ2) is 4.93. The Labute approximate surface area is 88.4 Å². The molecule has 0 saturated heterocycles. The Bertz CT molecular complexity index is 333. The number of aliphatic hydroxyl groups is 1. The van der Waals surface area contributed by atoms with Crippen molar-refractivity contribution >= 4 is 5.97 Å². The normalized spacial score (nSPS) is 13.1. The molecule has 0 aliphatic rings. The quantitative estimate of drug-likeness (QED) is 0.758. The summed E-state index contributed by atoms with van der Waals surface area (Å²) in [5, 5.41) is 18.0. The van der Waals surface area contributed by atoms with Crippen molar-refractivity contribution in [3.8, 4) is 0 Å². The molecule has 1 unspecified atom stereocenters. The molecule has 15 heavy (non-hydrogen) atoms. The summed E-state index contributed by atoms with van der Waals surface area (Å²) in [7, 11) is 0. The highest BCUT2D eigenvalue weighted by Gasteiger charge is 2.13. The third-order valence-corrected chi connectivity index (χ3v) is 2.08. The van der Waals surface area contributed by atoms with E-state index in [0.717, 1.165) is 5.82 Å². The summed E-state index contributed by atoms with van der Waals surface area (Å²) in [6.07, 6.45) is 2.30. The van der Waals surface area contributed by atoms with Crippen molar-refractivity contribution in [1.82, 2.24) is 9.55 Å². The summed E-state index contributed by atoms with van der Waals surface area (Å²) in [5.41, 5.74) is 0. The molecule has 84 valence electrons. The van der Waals surface area contributed by atoms with Crippen molar-refractivity contribution in [2.45, 2.75) is 38.8 Å². The summed E-state index contributed by atoms with van der Waals surface area (Å²) in [6, 6.07) is 0. The van der Waals surface area contributed by atoms with Gasteiger partial charge in [0.15, 0.2) is 0 Å². The molecule has 0 radical (unpaired) electrons. The Hall–Kier alpha value is -1.36. The van der Waals surface area contributed by atoms with Gasteiger partial charge in [-0.25, -0.2) is 4.98 Å². The highest BCUT2D eigenvalue weighted by atomic mass is 16.4. The van der Waals surface area contributed by atoms with Crippen molar-refractivity contribution in [3.63, 3.8) is 0 Å². The topological polar surface area (TPSA) is 75.3 Å². The first-order valence-corrected chi connectivity index (χ1v) is 4.91. The first kappa shape index (κ1) is 11.7. The second-order valence-electron chi connectivity index (χ2n) is 3.84. The van der Waals surface area contributed by atoms with Gasteiger partial charge in [-0.15, -0.1) is 0 Å². The minimum atomic E-state index is -0.992. The Morgan fingerprint density at radius 3 is 2.80 bits per heavy atom. The zero-order chi connectivity index (χ0) is 11.4. The van der Waals surface area contributed by atoms with Crippen LogP contribution in [-0.4, -0.2) is 31.8 Å². The van der Waals surface area contributed by atoms with E-state index in [4.69, 9.17) is 5.11 Å². The number of aliphatic hydroxyl groups excluding tert-OH is 1. The first-order valence-electron chi connectivity index (χ1n) is 4.91. The molecule has 1 atom stereocenters. The van der Waals surface area contributed by atoms with Crippen LogP contribution in [0.25, 0.3) is 0 Å². The smallest absolute Gasteiger partial charge is 0.306 e. The van der Waals surface area contributed by atoms with Crippen molar-refractivity contribution in [2.75, 3.05) is 0 Å². The van der Waals surface area contributed by atoms with Crippen LogP contribution in [0.3, 0.4) is 0 Å². The molecule has 1 aromatic heterocycles. The zero-order valence-corrected chi connectivity index (χ0v) is 8.92. The van der Waals surface area contributed by atoms with Gasteiger partial charge in [-0.2, -0.15) is 0 Å². The number of imidazole rings is 1. The maximum atomic E-state index is 10.4. The number of hydrogen-bond donors (Lipinski definition) is 2. The van der Waals surface area contributed by atoms with Gasteiger partial charge in [0, 0.05) is 18.3 Å². The summed E-state index contributed by atoms with van der Waals surface area (Å²) < 4.78 is 1.79. The molecular formula is C10H16N2O3. The van der Waals surface area contributed by atoms with E-state index in [0.29, 0.717) is 0 Å². The fraction of sp³-hybridized carbons (Fsp3) is 0.600. The minimum absolute atomic E-state index is 0.240. The van der Waals surface area contributed by atoms with E-state index in [1.54, 1.807) is 17.0 Å². The third kappa shape index (κ3) is 3.36. The molecule has 0 fully saturated rings. The lowest BCUT2D eigenvalue weighted by Gasteiger charge is -2.13. The molecule has 5 heteroatoms. The zero-order valence-electron chi connectivity index (χ0n) is 8.92. The van der Waals surface area contributed by atoms with Crippen LogP contribution >= 0.6 is 0 Å². The van der Waals surface area contributed by atoms with E-state index in [1.807, 2.05) is 13.8 Å². The fourth-order valence-corrected chi connectivity index (χ4v) is 1.47. The number of hydrogen-bond acceptors (Lipinski definition) is 3. The summed E-state index contributed by atoms with van der Waals surface area (Å²) >= 11 is 0. The van der Waals surface area contributed by atoms with Gasteiger partial charge in [0.05, 0.1) is 19.1 Å². The molecule has 0 amide bonds. The maximum Gasteiger partial charge on any atom is 0.306 e. The average Bonchev–Trinajstić information content (AvgIpc) is 2.50. The van der Waals surface area contributed by atoms with Crippen molar-refractivity contribution in [3.05, 3.63) is 18.2 Å². The van der Waals surface area contributed by atoms with Crippen LogP contribution in [0.1, 0.15) is 32.0 Å². The van der Waals surface area contributed by atoms with Crippen LogP contribution in [-0.2, 0) is 11.3 Å². The predicted molar refractivity (Wildman–Crippen MR) is 54.6 cm³/mol. The van der Waals surface area contributed by atoms with E-state index in [-0.39, 0.29) is 18.9 Å². The Kier molecular flexibility index (Phi) is 3.85. The largest absolute Gasteiger partial charge is 0.481 e. The molecule has 0 aromatic carbocycles. The minimum Gasteiger partial charge on any atom is -0.481 e. The number of carboxylic acid groups (broad SMARTS) is 1. The van der Waals surface area contributed by atoms with Crippen LogP contribution < -0.4 is 0 Å². The summed E-state index contributed by atoms with van der Waals surface area (Å²) in [4.78, 5) is 14.5. The van der Waals surface area contributed by atoms with E-state index in [9.17, 15) is 9.90 Å². The SMILES string of the molecule is CC(C)c1nccn1CC(O)CC(=O)O. The highest BCUT2D eigenvalue weighted by Crippen LogP contribution is 2.12. The number of aliphatic carboxylic acids is 1. The molecule has 0 bridgehead atoms. The van der Waals surface area contributed by atoms with Gasteiger partial charge in [0.25, 0.3) is 0 Å². The van der Waals surface area contributed by atoms with Crippen molar-refractivity contribution < 1.29 is 15.0 Å². The average molecular weight is 212 g/mol. The molecule has 1 aromatic rings. The lowest BCUT2D eigenvalue weighted by Crippen LogP contribution is -2.21.